The molecule has 1 atom stereocenters. The van der Waals surface area contributed by atoms with Gasteiger partial charge in [-0.05, 0) is 80.7 Å². The molecule has 3 saturated heterocycles. The van der Waals surface area contributed by atoms with Crippen molar-refractivity contribution in [2.75, 3.05) is 77.4 Å². The van der Waals surface area contributed by atoms with Crippen molar-refractivity contribution in [3.05, 3.63) is 58.7 Å². The molecule has 2 aromatic rings. The van der Waals surface area contributed by atoms with E-state index in [1.807, 2.05) is 60.0 Å². The van der Waals surface area contributed by atoms with E-state index >= 15 is 0 Å². The second-order valence-corrected chi connectivity index (χ2v) is 16.1. The summed E-state index contributed by atoms with van der Waals surface area (Å²) in [7, 11) is 0. The summed E-state index contributed by atoms with van der Waals surface area (Å²) in [5, 5.41) is 13.5. The number of phenols is 1. The van der Waals surface area contributed by atoms with Gasteiger partial charge in [0.15, 0.2) is 6.10 Å². The lowest BCUT2D eigenvalue weighted by molar-refractivity contribution is -0.145. The Labute approximate surface area is 332 Å². The van der Waals surface area contributed by atoms with Crippen LogP contribution in [-0.2, 0) is 31.9 Å². The van der Waals surface area contributed by atoms with Crippen LogP contribution in [0.25, 0.3) is 0 Å². The largest absolute Gasteiger partial charge is 0.507 e. The molecule has 0 spiro atoms. The van der Waals surface area contributed by atoms with Crippen molar-refractivity contribution in [2.45, 2.75) is 103 Å². The zero-order chi connectivity index (χ0) is 39.6. The molecule has 4 aliphatic heterocycles. The summed E-state index contributed by atoms with van der Waals surface area (Å²) in [4.78, 5) is 63.4. The maximum Gasteiger partial charge on any atom is 0.410 e. The number of piperidine rings is 2. The van der Waals surface area contributed by atoms with Gasteiger partial charge in [-0.15, -0.1) is 0 Å². The second kappa shape index (κ2) is 19.7. The molecule has 306 valence electrons. The zero-order valence-electron chi connectivity index (χ0n) is 33.7. The van der Waals surface area contributed by atoms with Gasteiger partial charge in [0.05, 0.1) is 13.2 Å². The van der Waals surface area contributed by atoms with Crippen molar-refractivity contribution in [3.8, 4) is 5.75 Å². The highest BCUT2D eigenvalue weighted by atomic mass is 16.6. The quantitative estimate of drug-likeness (QED) is 0.204. The van der Waals surface area contributed by atoms with Crippen molar-refractivity contribution in [1.82, 2.24) is 24.5 Å². The van der Waals surface area contributed by atoms with Gasteiger partial charge < -0.3 is 34.6 Å². The molecule has 1 unspecified atom stereocenters. The lowest BCUT2D eigenvalue weighted by Crippen LogP contribution is -2.57. The molecule has 13 heteroatoms. The maximum absolute atomic E-state index is 14.2. The number of phenolic OH excluding ortho intramolecular Hbond substituents is 1. The fourth-order valence-electron chi connectivity index (χ4n) is 8.75. The van der Waals surface area contributed by atoms with Gasteiger partial charge in [0.2, 0.25) is 0 Å². The molecule has 0 aliphatic carbocycles. The maximum atomic E-state index is 14.2. The second-order valence-electron chi connectivity index (χ2n) is 16.1. The van der Waals surface area contributed by atoms with Crippen molar-refractivity contribution >= 4 is 29.7 Å². The minimum atomic E-state index is -1.01. The number of amides is 4. The van der Waals surface area contributed by atoms with Crippen LogP contribution in [0.15, 0.2) is 36.4 Å². The first-order chi connectivity index (χ1) is 27.1. The Morgan fingerprint density at radius 3 is 2.21 bits per heavy atom. The molecule has 2 N–H and O–H groups in total. The number of para-hydroxylation sites is 1. The molecule has 4 heterocycles. The Bertz CT molecular complexity index is 1640. The molecule has 13 nitrogen and oxygen atoms in total. The fraction of sp³-hybridized carbons (Fsp3) is 0.628. The number of esters is 1. The van der Waals surface area contributed by atoms with Gasteiger partial charge in [-0.25, -0.2) is 9.59 Å². The van der Waals surface area contributed by atoms with E-state index < -0.39 is 12.2 Å². The number of piperazine rings is 1. The van der Waals surface area contributed by atoms with Crippen LogP contribution >= 0.6 is 0 Å². The van der Waals surface area contributed by atoms with Gasteiger partial charge >= 0.3 is 18.1 Å². The van der Waals surface area contributed by atoms with E-state index in [1.54, 1.807) is 4.90 Å². The molecule has 4 amide bonds. The smallest absolute Gasteiger partial charge is 0.410 e. The Balaban J connectivity index is 1.00. The minimum Gasteiger partial charge on any atom is -0.507 e. The number of ether oxygens (including phenoxy) is 2. The van der Waals surface area contributed by atoms with E-state index in [-0.39, 0.29) is 36.1 Å². The summed E-state index contributed by atoms with van der Waals surface area (Å²) in [6, 6.07) is 11.9. The number of hydrogen-bond acceptors (Lipinski definition) is 9. The summed E-state index contributed by atoms with van der Waals surface area (Å²) in [6.07, 6.45) is 6.95. The number of hydrogen-bond donors (Lipinski definition) is 2. The summed E-state index contributed by atoms with van der Waals surface area (Å²) >= 11 is 0. The first-order valence-corrected chi connectivity index (χ1v) is 20.9. The van der Waals surface area contributed by atoms with Gasteiger partial charge in [-0.1, -0.05) is 56.5 Å². The summed E-state index contributed by atoms with van der Waals surface area (Å²) in [5.41, 5.74) is 4.20. The van der Waals surface area contributed by atoms with Crippen LogP contribution in [0, 0.1) is 13.8 Å². The van der Waals surface area contributed by atoms with E-state index in [4.69, 9.17) is 9.47 Å². The predicted octanol–water partition coefficient (Wildman–Crippen LogP) is 5.34. The standard InChI is InChI=1S/C43H62N6O7/c1-4-5-6-9-26-55-39(50)30-45-17-13-35(14-18-45)46-22-24-47(25-23-46)41(52)38(29-33-27-31(2)40(51)32(3)28-33)56-43(54)48-19-15-36(16-20-48)49-21-12-34-10-7-8-11-37(34)44-42(49)53/h7-8,10-11,27-28,35-36,38,51H,4-6,9,12-26,29-30H2,1-3H3,(H,44,53). The highest BCUT2D eigenvalue weighted by Gasteiger charge is 2.36. The average molecular weight is 775 g/mol. The van der Waals surface area contributed by atoms with E-state index in [0.29, 0.717) is 75.9 Å². The summed E-state index contributed by atoms with van der Waals surface area (Å²) < 4.78 is 11.6. The predicted molar refractivity (Wildman–Crippen MR) is 215 cm³/mol. The number of urea groups is 1. The van der Waals surface area contributed by atoms with Crippen LogP contribution in [0.5, 0.6) is 5.75 Å². The monoisotopic (exact) mass is 774 g/mol. The minimum absolute atomic E-state index is 0.00103. The van der Waals surface area contributed by atoms with E-state index in [2.05, 4.69) is 22.0 Å². The third-order valence-electron chi connectivity index (χ3n) is 12.1. The van der Waals surface area contributed by atoms with Crippen LogP contribution in [0.3, 0.4) is 0 Å². The Morgan fingerprint density at radius 2 is 1.52 bits per heavy atom. The van der Waals surface area contributed by atoms with Gasteiger partial charge in [0.25, 0.3) is 5.91 Å². The van der Waals surface area contributed by atoms with E-state index in [9.17, 15) is 24.3 Å². The highest BCUT2D eigenvalue weighted by Crippen LogP contribution is 2.27. The molecule has 0 radical (unpaired) electrons. The van der Waals surface area contributed by atoms with Gasteiger partial charge in [-0.2, -0.15) is 0 Å². The van der Waals surface area contributed by atoms with Crippen molar-refractivity contribution in [3.63, 3.8) is 0 Å². The molecular weight excluding hydrogens is 713 g/mol. The number of fused-ring (bicyclic) bond motifs is 1. The molecule has 4 aliphatic rings. The average Bonchev–Trinajstić information content (AvgIpc) is 3.37. The summed E-state index contributed by atoms with van der Waals surface area (Å²) in [5.74, 6) is -0.129. The molecule has 2 aromatic carbocycles. The Morgan fingerprint density at radius 1 is 0.839 bits per heavy atom. The van der Waals surface area contributed by atoms with E-state index in [0.717, 1.165) is 81.5 Å². The first-order valence-electron chi connectivity index (χ1n) is 20.9. The third-order valence-corrected chi connectivity index (χ3v) is 12.1. The zero-order valence-corrected chi connectivity index (χ0v) is 33.7. The number of benzene rings is 2. The number of unbranched alkanes of at least 4 members (excludes halogenated alkanes) is 3. The van der Waals surface area contributed by atoms with Gasteiger partial charge in [-0.3, -0.25) is 19.4 Å². The Kier molecular flexibility index (Phi) is 14.5. The molecule has 3 fully saturated rings. The molecule has 56 heavy (non-hydrogen) atoms. The molecule has 0 bridgehead atoms. The number of rotatable bonds is 13. The van der Waals surface area contributed by atoms with Crippen molar-refractivity contribution in [2.24, 2.45) is 0 Å². The topological polar surface area (TPSA) is 135 Å². The number of aryl methyl sites for hydroxylation is 2. The summed E-state index contributed by atoms with van der Waals surface area (Å²) in [6.45, 7) is 12.4. The SMILES string of the molecule is CCCCCCOC(=O)CN1CCC(N2CCN(C(=O)C(Cc3cc(C)c(O)c(C)c3)OC(=O)N3CCC(N4CCc5ccccc5NC4=O)CC3)CC2)CC1. The van der Waals surface area contributed by atoms with Gasteiger partial charge in [0, 0.05) is 83.1 Å². The normalized spacial score (nSPS) is 19.6. The lowest BCUT2D eigenvalue weighted by Gasteiger charge is -2.43. The number of aromatic hydroxyl groups is 1. The van der Waals surface area contributed by atoms with Crippen LogP contribution in [0.1, 0.15) is 80.5 Å². The molecular formula is C43H62N6O7. The number of anilines is 1. The van der Waals surface area contributed by atoms with Crippen molar-refractivity contribution < 1.29 is 33.8 Å². The van der Waals surface area contributed by atoms with Crippen LogP contribution in [-0.4, -0.2) is 144 Å². The number of nitrogens with one attached hydrogen (secondary N) is 1. The van der Waals surface area contributed by atoms with Crippen LogP contribution < -0.4 is 5.32 Å². The van der Waals surface area contributed by atoms with Gasteiger partial charge in [0.1, 0.15) is 5.75 Å². The van der Waals surface area contributed by atoms with Crippen LogP contribution in [0.4, 0.5) is 15.3 Å². The first kappa shape index (κ1) is 41.3. The van der Waals surface area contributed by atoms with E-state index in [1.165, 1.54) is 6.42 Å². The number of nitrogens with zero attached hydrogens (tertiary/aromatic N) is 5. The number of carbonyl (C=O) groups is 4. The molecule has 0 aromatic heterocycles. The number of likely N-dealkylation sites (tertiary alicyclic amines) is 2. The lowest BCUT2D eigenvalue weighted by atomic mass is 10.00. The number of carbonyl (C=O) groups excluding carboxylic acids is 4. The van der Waals surface area contributed by atoms with Crippen LogP contribution in [0.2, 0.25) is 0 Å². The Hall–Kier alpha value is -4.36. The van der Waals surface area contributed by atoms with Crippen molar-refractivity contribution in [1.29, 1.82) is 0 Å². The molecule has 0 saturated carbocycles. The fourth-order valence-corrected chi connectivity index (χ4v) is 8.75. The molecule has 6 rings (SSSR count). The highest BCUT2D eigenvalue weighted by molar-refractivity contribution is 5.91. The third kappa shape index (κ3) is 10.7.